The van der Waals surface area contributed by atoms with Gasteiger partial charge in [-0.3, -0.25) is 4.79 Å². The van der Waals surface area contributed by atoms with Crippen molar-refractivity contribution in [3.05, 3.63) is 71.4 Å². The highest BCUT2D eigenvalue weighted by atomic mass is 16.5. The van der Waals surface area contributed by atoms with E-state index >= 15 is 0 Å². The maximum absolute atomic E-state index is 12.6. The predicted molar refractivity (Wildman–Crippen MR) is 108 cm³/mol. The number of amides is 1. The molecular formula is C23H24N2O3. The van der Waals surface area contributed by atoms with Crippen LogP contribution < -0.4 is 5.32 Å². The van der Waals surface area contributed by atoms with Crippen LogP contribution in [0.4, 0.5) is 0 Å². The first-order valence-corrected chi connectivity index (χ1v) is 9.62. The number of aryl methyl sites for hydroxylation is 1. The summed E-state index contributed by atoms with van der Waals surface area (Å²) in [4.78, 5) is 28.4. The Morgan fingerprint density at radius 1 is 1.07 bits per heavy atom. The van der Waals surface area contributed by atoms with Gasteiger partial charge in [0.1, 0.15) is 5.54 Å². The molecule has 5 nitrogen and oxygen atoms in total. The van der Waals surface area contributed by atoms with Crippen molar-refractivity contribution < 1.29 is 14.3 Å². The van der Waals surface area contributed by atoms with Crippen LogP contribution >= 0.6 is 0 Å². The lowest BCUT2D eigenvalue weighted by atomic mass is 9.95. The number of benzene rings is 2. The number of H-pyrrole nitrogens is 1. The lowest BCUT2D eigenvalue weighted by molar-refractivity contribution is -0.150. The average Bonchev–Trinajstić information content (AvgIpc) is 3.29. The smallest absolute Gasteiger partial charge is 0.332 e. The number of ether oxygens (including phenoxy) is 1. The summed E-state index contributed by atoms with van der Waals surface area (Å²) < 4.78 is 5.02. The molecule has 1 amide bonds. The van der Waals surface area contributed by atoms with Crippen LogP contribution in [0.15, 0.2) is 54.7 Å². The Kier molecular flexibility index (Phi) is 4.90. The number of para-hydroxylation sites is 1. The largest absolute Gasteiger partial charge is 0.467 e. The molecular weight excluding hydrogens is 352 g/mol. The maximum atomic E-state index is 12.6. The number of hydrogen-bond donors (Lipinski definition) is 2. The molecule has 0 radical (unpaired) electrons. The fourth-order valence-corrected chi connectivity index (χ4v) is 4.20. The molecule has 3 aromatic rings. The third-order valence-electron chi connectivity index (χ3n) is 5.58. The molecule has 1 aliphatic rings. The van der Waals surface area contributed by atoms with Gasteiger partial charge in [-0.2, -0.15) is 0 Å². The van der Waals surface area contributed by atoms with Gasteiger partial charge in [0.15, 0.2) is 0 Å². The summed E-state index contributed by atoms with van der Waals surface area (Å²) in [6.45, 7) is 0. The summed E-state index contributed by atoms with van der Waals surface area (Å²) in [5, 5.41) is 4.18. The second-order valence-corrected chi connectivity index (χ2v) is 7.46. The molecule has 144 valence electrons. The topological polar surface area (TPSA) is 71.2 Å². The normalized spacial score (nSPS) is 14.6. The van der Waals surface area contributed by atoms with Crippen molar-refractivity contribution in [2.75, 3.05) is 7.11 Å². The number of fused-ring (bicyclic) bond motifs is 2. The van der Waals surface area contributed by atoms with Crippen LogP contribution in [0, 0.1) is 0 Å². The first-order valence-electron chi connectivity index (χ1n) is 9.62. The Morgan fingerprint density at radius 3 is 2.46 bits per heavy atom. The third-order valence-corrected chi connectivity index (χ3v) is 5.58. The number of carbonyl (C=O) groups excluding carboxylic acids is 2. The van der Waals surface area contributed by atoms with Crippen molar-refractivity contribution in [3.8, 4) is 0 Å². The molecule has 1 heterocycles. The monoisotopic (exact) mass is 376 g/mol. The summed E-state index contributed by atoms with van der Waals surface area (Å²) in [5.41, 5.74) is 3.50. The zero-order valence-corrected chi connectivity index (χ0v) is 16.0. The number of esters is 1. The van der Waals surface area contributed by atoms with Gasteiger partial charge in [-0.05, 0) is 35.6 Å². The van der Waals surface area contributed by atoms with Gasteiger partial charge in [0.25, 0.3) is 0 Å². The number of carbonyl (C=O) groups is 2. The lowest BCUT2D eigenvalue weighted by Gasteiger charge is -2.27. The molecule has 1 aliphatic carbocycles. The van der Waals surface area contributed by atoms with E-state index in [4.69, 9.17) is 4.74 Å². The molecule has 0 spiro atoms. The molecule has 5 heteroatoms. The molecule has 0 bridgehead atoms. The van der Waals surface area contributed by atoms with Gasteiger partial charge >= 0.3 is 5.97 Å². The molecule has 0 unspecified atom stereocenters. The number of aromatic nitrogens is 1. The highest BCUT2D eigenvalue weighted by Gasteiger charge is 2.45. The molecule has 0 aliphatic heterocycles. The molecule has 2 N–H and O–H groups in total. The fourth-order valence-electron chi connectivity index (χ4n) is 4.20. The minimum atomic E-state index is -0.990. The minimum Gasteiger partial charge on any atom is -0.467 e. The van der Waals surface area contributed by atoms with E-state index in [1.165, 1.54) is 18.1 Å². The van der Waals surface area contributed by atoms with Crippen LogP contribution in [0.5, 0.6) is 0 Å². The Hall–Kier alpha value is -3.08. The van der Waals surface area contributed by atoms with Crippen molar-refractivity contribution in [3.63, 3.8) is 0 Å². The zero-order valence-electron chi connectivity index (χ0n) is 16.0. The molecule has 0 saturated carbocycles. The molecule has 0 atom stereocenters. The van der Waals surface area contributed by atoms with Crippen molar-refractivity contribution in [1.82, 2.24) is 10.3 Å². The molecule has 2 aromatic carbocycles. The van der Waals surface area contributed by atoms with E-state index in [0.29, 0.717) is 19.3 Å². The van der Waals surface area contributed by atoms with Crippen molar-refractivity contribution in [2.45, 2.75) is 37.6 Å². The van der Waals surface area contributed by atoms with Crippen LogP contribution in [-0.2, 0) is 33.6 Å². The van der Waals surface area contributed by atoms with Crippen LogP contribution in [0.1, 0.15) is 29.5 Å². The first kappa shape index (κ1) is 18.3. The summed E-state index contributed by atoms with van der Waals surface area (Å²) in [5.74, 6) is -0.494. The van der Waals surface area contributed by atoms with E-state index in [1.54, 1.807) is 0 Å². The highest BCUT2D eigenvalue weighted by molar-refractivity contribution is 5.89. The first-order chi connectivity index (χ1) is 13.6. The van der Waals surface area contributed by atoms with E-state index in [9.17, 15) is 9.59 Å². The lowest BCUT2D eigenvalue weighted by Crippen LogP contribution is -2.56. The second kappa shape index (κ2) is 7.50. The van der Waals surface area contributed by atoms with Gasteiger partial charge in [-0.15, -0.1) is 0 Å². The SMILES string of the molecule is COC(=O)C1(NC(=O)CCCc2c[nH]c3ccccc23)Cc2ccccc2C1. The summed E-state index contributed by atoms with van der Waals surface area (Å²) in [6.07, 6.45) is 4.86. The average molecular weight is 376 g/mol. The van der Waals surface area contributed by atoms with Gasteiger partial charge in [-0.25, -0.2) is 4.79 Å². The van der Waals surface area contributed by atoms with Gasteiger partial charge in [-0.1, -0.05) is 42.5 Å². The quantitative estimate of drug-likeness (QED) is 0.649. The molecule has 0 saturated heterocycles. The van der Waals surface area contributed by atoms with E-state index < -0.39 is 5.54 Å². The molecule has 4 rings (SSSR count). The van der Waals surface area contributed by atoms with Crippen molar-refractivity contribution in [2.24, 2.45) is 0 Å². The van der Waals surface area contributed by atoms with Crippen LogP contribution in [0.25, 0.3) is 10.9 Å². The summed E-state index contributed by atoms with van der Waals surface area (Å²) in [7, 11) is 1.37. The summed E-state index contributed by atoms with van der Waals surface area (Å²) in [6, 6.07) is 16.1. The van der Waals surface area contributed by atoms with Gasteiger partial charge in [0.2, 0.25) is 5.91 Å². The molecule has 0 fully saturated rings. The van der Waals surface area contributed by atoms with Gasteiger partial charge in [0, 0.05) is 36.4 Å². The Bertz CT molecular complexity index is 996. The number of nitrogens with one attached hydrogen (secondary N) is 2. The third kappa shape index (κ3) is 3.40. The van der Waals surface area contributed by atoms with Crippen LogP contribution in [-0.4, -0.2) is 29.5 Å². The van der Waals surface area contributed by atoms with E-state index in [-0.39, 0.29) is 11.9 Å². The van der Waals surface area contributed by atoms with E-state index in [2.05, 4.69) is 16.4 Å². The molecule has 1 aromatic heterocycles. The van der Waals surface area contributed by atoms with Crippen LogP contribution in [0.3, 0.4) is 0 Å². The number of methoxy groups -OCH3 is 1. The number of aromatic amines is 1. The van der Waals surface area contributed by atoms with Crippen molar-refractivity contribution in [1.29, 1.82) is 0 Å². The van der Waals surface area contributed by atoms with E-state index in [1.807, 2.05) is 48.7 Å². The van der Waals surface area contributed by atoms with Crippen molar-refractivity contribution >= 4 is 22.8 Å². The van der Waals surface area contributed by atoms with E-state index in [0.717, 1.165) is 29.5 Å². The van der Waals surface area contributed by atoms with Gasteiger partial charge in [0.05, 0.1) is 7.11 Å². The standard InChI is InChI=1S/C23H24N2O3/c1-28-22(27)23(13-16-7-2-3-8-17(16)14-23)25-21(26)12-6-9-18-15-24-20-11-5-4-10-19(18)20/h2-5,7-8,10-11,15,24H,6,9,12-14H2,1H3,(H,25,26). The second-order valence-electron chi connectivity index (χ2n) is 7.46. The Labute approximate surface area is 164 Å². The predicted octanol–water partition coefficient (Wildman–Crippen LogP) is 3.32. The fraction of sp³-hybridized carbons (Fsp3) is 0.304. The maximum Gasteiger partial charge on any atom is 0.332 e. The van der Waals surface area contributed by atoms with Crippen LogP contribution in [0.2, 0.25) is 0 Å². The summed E-state index contributed by atoms with van der Waals surface area (Å²) >= 11 is 0. The Morgan fingerprint density at radius 2 is 1.75 bits per heavy atom. The number of rotatable bonds is 6. The Balaban J connectivity index is 1.39. The molecule has 28 heavy (non-hydrogen) atoms. The zero-order chi connectivity index (χ0) is 19.6. The number of hydrogen-bond acceptors (Lipinski definition) is 3. The van der Waals surface area contributed by atoms with Gasteiger partial charge < -0.3 is 15.0 Å². The highest BCUT2D eigenvalue weighted by Crippen LogP contribution is 2.31. The minimum absolute atomic E-state index is 0.113.